The second kappa shape index (κ2) is 14.5. The smallest absolute Gasteiger partial charge is 0.129 e. The molecule has 2 aromatic carbocycles. The van der Waals surface area contributed by atoms with E-state index in [2.05, 4.69) is 69.1 Å². The topological polar surface area (TPSA) is 35.5 Å². The number of ether oxygens (including phenoxy) is 2. The number of carbonyl (C=O) groups is 1. The van der Waals surface area contributed by atoms with Crippen molar-refractivity contribution in [2.24, 2.45) is 0 Å². The lowest BCUT2D eigenvalue weighted by atomic mass is 10.0. The van der Waals surface area contributed by atoms with E-state index < -0.39 is 8.07 Å². The van der Waals surface area contributed by atoms with Gasteiger partial charge in [-0.05, 0) is 83.1 Å². The molecule has 1 heterocycles. The van der Waals surface area contributed by atoms with E-state index in [0.717, 1.165) is 64.3 Å². The van der Waals surface area contributed by atoms with Crippen molar-refractivity contribution in [1.29, 1.82) is 0 Å². The Bertz CT molecular complexity index is 960. The number of halogens is 2. The summed E-state index contributed by atoms with van der Waals surface area (Å²) in [6, 6.07) is 13.8. The second-order valence-corrected chi connectivity index (χ2v) is 16.8. The fourth-order valence-corrected chi connectivity index (χ4v) is 13.3. The van der Waals surface area contributed by atoms with Crippen LogP contribution in [0.25, 0.3) is 11.1 Å². The molecule has 0 amide bonds. The number of unbranched alkanes of at least 4 members (excludes halogenated alkanes) is 1. The largest absolute Gasteiger partial charge is 0.493 e. The van der Waals surface area contributed by atoms with Gasteiger partial charge in [0.25, 0.3) is 0 Å². The monoisotopic (exact) mass is 644 g/mol. The Kier molecular flexibility index (Phi) is 12.1. The van der Waals surface area contributed by atoms with Crippen molar-refractivity contribution in [2.45, 2.75) is 44.7 Å². The van der Waals surface area contributed by atoms with Crippen molar-refractivity contribution in [2.75, 3.05) is 36.9 Å². The molecule has 0 saturated carbocycles. The van der Waals surface area contributed by atoms with Crippen molar-refractivity contribution < 1.29 is 14.3 Å². The first-order valence-electron chi connectivity index (χ1n) is 11.9. The normalized spacial score (nSPS) is 16.4. The first-order chi connectivity index (χ1) is 16.6. The highest BCUT2D eigenvalue weighted by molar-refractivity contribution is 9.10. The summed E-state index contributed by atoms with van der Waals surface area (Å²) in [6.07, 6.45) is 5.49. The molecule has 0 fully saturated rings. The molecule has 1 aliphatic heterocycles. The van der Waals surface area contributed by atoms with E-state index in [4.69, 9.17) is 9.47 Å². The van der Waals surface area contributed by atoms with Gasteiger partial charge in [0.1, 0.15) is 20.1 Å². The number of aldehydes is 1. The first-order valence-corrected chi connectivity index (χ1v) is 18.2. The third-order valence-electron chi connectivity index (χ3n) is 6.28. The number of hydrogen-bond donors (Lipinski definition) is 0. The van der Waals surface area contributed by atoms with Crippen molar-refractivity contribution in [3.05, 3.63) is 39.3 Å². The molecule has 3 nitrogen and oxygen atoms in total. The van der Waals surface area contributed by atoms with E-state index in [-0.39, 0.29) is 0 Å². The molecule has 0 aliphatic carbocycles. The highest BCUT2D eigenvalue weighted by Gasteiger charge is 2.46. The molecule has 2 aromatic rings. The van der Waals surface area contributed by atoms with Crippen LogP contribution in [0.4, 0.5) is 0 Å². The van der Waals surface area contributed by atoms with E-state index in [1.165, 1.54) is 40.0 Å². The van der Waals surface area contributed by atoms with Gasteiger partial charge in [0, 0.05) is 27.4 Å². The Hall–Kier alpha value is -0.253. The zero-order chi connectivity index (χ0) is 24.4. The van der Waals surface area contributed by atoms with Gasteiger partial charge in [-0.15, -0.1) is 11.8 Å². The van der Waals surface area contributed by atoms with Crippen molar-refractivity contribution >= 4 is 80.1 Å². The van der Waals surface area contributed by atoms with Crippen LogP contribution in [0.2, 0.25) is 12.1 Å². The zero-order valence-electron chi connectivity index (χ0n) is 20.0. The van der Waals surface area contributed by atoms with E-state index >= 15 is 0 Å². The number of fused-ring (bicyclic) bond motifs is 3. The molecule has 0 N–H and O–H groups in total. The van der Waals surface area contributed by atoms with Gasteiger partial charge in [-0.2, -0.15) is 11.8 Å². The fraction of sp³-hybridized carbons (Fsp3) is 0.500. The molecule has 0 aromatic heterocycles. The quantitative estimate of drug-likeness (QED) is 0.0852. The van der Waals surface area contributed by atoms with Gasteiger partial charge in [0.2, 0.25) is 0 Å². The van der Waals surface area contributed by atoms with E-state index in [9.17, 15) is 4.79 Å². The van der Waals surface area contributed by atoms with Crippen molar-refractivity contribution in [1.82, 2.24) is 0 Å². The van der Waals surface area contributed by atoms with Gasteiger partial charge in [0.15, 0.2) is 0 Å². The number of hydrogen-bond acceptors (Lipinski definition) is 5. The van der Waals surface area contributed by atoms with E-state index in [1.807, 2.05) is 11.8 Å². The maximum Gasteiger partial charge on any atom is 0.129 e. The summed E-state index contributed by atoms with van der Waals surface area (Å²) in [5.41, 5.74) is 2.67. The molecule has 3 rings (SSSR count). The molecule has 1 unspecified atom stereocenters. The third kappa shape index (κ3) is 6.94. The van der Waals surface area contributed by atoms with Gasteiger partial charge in [-0.3, -0.25) is 0 Å². The number of rotatable bonds is 16. The molecule has 1 aliphatic rings. The maximum absolute atomic E-state index is 10.8. The minimum Gasteiger partial charge on any atom is -0.493 e. The van der Waals surface area contributed by atoms with Crippen LogP contribution in [-0.2, 0) is 9.53 Å². The predicted octanol–water partition coefficient (Wildman–Crippen LogP) is 6.98. The van der Waals surface area contributed by atoms with Crippen molar-refractivity contribution in [3.63, 3.8) is 0 Å². The molecule has 34 heavy (non-hydrogen) atoms. The van der Waals surface area contributed by atoms with Crippen LogP contribution in [0, 0.1) is 0 Å². The highest BCUT2D eigenvalue weighted by atomic mass is 79.9. The van der Waals surface area contributed by atoms with Crippen LogP contribution in [0.3, 0.4) is 0 Å². The summed E-state index contributed by atoms with van der Waals surface area (Å²) in [7, 11) is -0.269. The Morgan fingerprint density at radius 1 is 0.971 bits per heavy atom. The maximum atomic E-state index is 10.8. The lowest BCUT2D eigenvalue weighted by Gasteiger charge is -2.30. The van der Waals surface area contributed by atoms with Crippen LogP contribution in [-0.4, -0.2) is 51.3 Å². The van der Waals surface area contributed by atoms with Crippen LogP contribution < -0.4 is 15.1 Å². The molecule has 0 radical (unpaired) electrons. The molecular weight excluding hydrogens is 612 g/mol. The summed E-state index contributed by atoms with van der Waals surface area (Å²) >= 11 is 11.2. The Morgan fingerprint density at radius 3 is 2.41 bits per heavy atom. The Balaban J connectivity index is 2.04. The van der Waals surface area contributed by atoms with E-state index in [1.54, 1.807) is 18.9 Å². The molecule has 0 bridgehead atoms. The molecule has 0 saturated heterocycles. The van der Waals surface area contributed by atoms with Crippen molar-refractivity contribution in [3.8, 4) is 16.9 Å². The summed E-state index contributed by atoms with van der Waals surface area (Å²) < 4.78 is 13.9. The lowest BCUT2D eigenvalue weighted by Crippen LogP contribution is -2.55. The number of carbonyl (C=O) groups excluding carboxylic acids is 1. The molecular formula is C26H34Br2O3S2Si. The van der Waals surface area contributed by atoms with Gasteiger partial charge >= 0.3 is 0 Å². The fourth-order valence-electron chi connectivity index (χ4n) is 4.84. The standard InChI is InChI=1S/C26H34Br2O3S2Si/c1-3-4-10-31-23-16-21(28)18-25-26(23)22-8-7-20(27)17-24(22)34(25,14-5-11-32-13-9-29)15-6-12-33-19-30-2/h7-9,16-18H,3-6,10-15,19H2,1-2H3. The predicted molar refractivity (Wildman–Crippen MR) is 159 cm³/mol. The van der Waals surface area contributed by atoms with Gasteiger partial charge in [-0.25, -0.2) is 0 Å². The number of methoxy groups -OCH3 is 1. The Morgan fingerprint density at radius 2 is 1.71 bits per heavy atom. The summed E-state index contributed by atoms with van der Waals surface area (Å²) in [4.78, 5) is 10.8. The lowest BCUT2D eigenvalue weighted by molar-refractivity contribution is -0.105. The second-order valence-electron chi connectivity index (χ2n) is 8.56. The first kappa shape index (κ1) is 28.3. The molecule has 0 spiro atoms. The summed E-state index contributed by atoms with van der Waals surface area (Å²) in [5.74, 6) is 4.48. The van der Waals surface area contributed by atoms with E-state index in [0.29, 0.717) is 5.75 Å². The highest BCUT2D eigenvalue weighted by Crippen LogP contribution is 2.42. The van der Waals surface area contributed by atoms with Crippen LogP contribution in [0.5, 0.6) is 5.75 Å². The molecule has 186 valence electrons. The minimum absolute atomic E-state index is 0.585. The zero-order valence-corrected chi connectivity index (χ0v) is 25.8. The average Bonchev–Trinajstić information content (AvgIpc) is 3.08. The van der Waals surface area contributed by atoms with Gasteiger partial charge < -0.3 is 14.3 Å². The van der Waals surface area contributed by atoms with Crippen LogP contribution in [0.1, 0.15) is 32.6 Å². The molecule has 1 atom stereocenters. The number of thioether (sulfide) groups is 2. The minimum atomic E-state index is -2.03. The number of benzene rings is 2. The average molecular weight is 647 g/mol. The Labute approximate surface area is 230 Å². The summed E-state index contributed by atoms with van der Waals surface area (Å²) in [6.45, 7) is 2.94. The van der Waals surface area contributed by atoms with Crippen LogP contribution in [0.15, 0.2) is 39.3 Å². The summed E-state index contributed by atoms with van der Waals surface area (Å²) in [5, 5.41) is 3.05. The van der Waals surface area contributed by atoms with Gasteiger partial charge in [0.05, 0.1) is 12.5 Å². The third-order valence-corrected chi connectivity index (χ3v) is 14.4. The SMILES string of the molecule is CCCCOc1cc(Br)cc2c1-c1ccc(Br)cc1[Si]2(CCCSCC=O)CCCSCOC. The van der Waals surface area contributed by atoms with Gasteiger partial charge in [-0.1, -0.05) is 51.3 Å². The van der Waals surface area contributed by atoms with Crippen LogP contribution >= 0.6 is 55.4 Å². The molecule has 8 heteroatoms.